The second-order valence-electron chi connectivity index (χ2n) is 5.24. The van der Waals surface area contributed by atoms with E-state index in [1.165, 1.54) is 6.20 Å². The monoisotopic (exact) mass is 286 g/mol. The Labute approximate surface area is 123 Å². The molecule has 110 valence electrons. The standard InChI is InChI=1S/C16H18N2O3/c19-16(20)13-10-17-14-7-2-1-6-12(14)15(13)18-9-11-5-3-4-8-21-11/h1-2,6-7,10-11H,3-5,8-9H2,(H,17,18)(H,19,20). The van der Waals surface area contributed by atoms with Crippen molar-refractivity contribution in [3.8, 4) is 0 Å². The molecule has 3 rings (SSSR count). The van der Waals surface area contributed by atoms with Crippen molar-refractivity contribution in [2.24, 2.45) is 0 Å². The number of benzene rings is 1. The minimum Gasteiger partial charge on any atom is -0.478 e. The van der Waals surface area contributed by atoms with Gasteiger partial charge in [-0.15, -0.1) is 0 Å². The maximum atomic E-state index is 11.4. The highest BCUT2D eigenvalue weighted by atomic mass is 16.5. The first-order chi connectivity index (χ1) is 10.3. The fraction of sp³-hybridized carbons (Fsp3) is 0.375. The number of nitrogens with one attached hydrogen (secondary N) is 1. The molecule has 0 amide bonds. The molecular weight excluding hydrogens is 268 g/mol. The normalized spacial score (nSPS) is 18.6. The summed E-state index contributed by atoms with van der Waals surface area (Å²) in [5.41, 5.74) is 1.61. The molecular formula is C16H18N2O3. The number of aromatic carboxylic acids is 1. The summed E-state index contributed by atoms with van der Waals surface area (Å²) in [6.45, 7) is 1.41. The van der Waals surface area contributed by atoms with Gasteiger partial charge in [0.15, 0.2) is 0 Å². The van der Waals surface area contributed by atoms with E-state index in [4.69, 9.17) is 4.74 Å². The van der Waals surface area contributed by atoms with Crippen LogP contribution >= 0.6 is 0 Å². The molecule has 0 saturated carbocycles. The number of ether oxygens (including phenoxy) is 1. The Morgan fingerprint density at radius 2 is 2.24 bits per heavy atom. The summed E-state index contributed by atoms with van der Waals surface area (Å²) in [5, 5.41) is 13.4. The average molecular weight is 286 g/mol. The molecule has 2 heterocycles. The number of fused-ring (bicyclic) bond motifs is 1. The molecule has 21 heavy (non-hydrogen) atoms. The van der Waals surface area contributed by atoms with Crippen molar-refractivity contribution >= 4 is 22.6 Å². The Bertz CT molecular complexity index is 651. The molecule has 0 spiro atoms. The van der Waals surface area contributed by atoms with Crippen molar-refractivity contribution in [2.45, 2.75) is 25.4 Å². The van der Waals surface area contributed by atoms with Gasteiger partial charge in [0.05, 0.1) is 17.3 Å². The number of hydrogen-bond acceptors (Lipinski definition) is 4. The Kier molecular flexibility index (Phi) is 4.01. The molecule has 2 N–H and O–H groups in total. The number of carboxylic acids is 1. The quantitative estimate of drug-likeness (QED) is 0.904. The molecule has 0 bridgehead atoms. The van der Waals surface area contributed by atoms with Crippen molar-refractivity contribution in [2.75, 3.05) is 18.5 Å². The summed E-state index contributed by atoms with van der Waals surface area (Å²) < 4.78 is 5.69. The number of para-hydroxylation sites is 1. The van der Waals surface area contributed by atoms with Crippen molar-refractivity contribution in [1.29, 1.82) is 0 Å². The summed E-state index contributed by atoms with van der Waals surface area (Å²) >= 11 is 0. The Hall–Kier alpha value is -2.14. The van der Waals surface area contributed by atoms with E-state index in [2.05, 4.69) is 10.3 Å². The average Bonchev–Trinajstić information content (AvgIpc) is 2.53. The highest BCUT2D eigenvalue weighted by molar-refractivity contribution is 6.04. The summed E-state index contributed by atoms with van der Waals surface area (Å²) in [6.07, 6.45) is 4.84. The molecule has 2 aromatic rings. The molecule has 0 aliphatic carbocycles. The van der Waals surface area contributed by atoms with E-state index >= 15 is 0 Å². The molecule has 1 aromatic carbocycles. The van der Waals surface area contributed by atoms with Crippen LogP contribution in [0.15, 0.2) is 30.5 Å². The number of rotatable bonds is 4. The smallest absolute Gasteiger partial charge is 0.339 e. The van der Waals surface area contributed by atoms with Gasteiger partial charge in [0, 0.05) is 24.7 Å². The highest BCUT2D eigenvalue weighted by Gasteiger charge is 2.17. The lowest BCUT2D eigenvalue weighted by molar-refractivity contribution is 0.0247. The number of aromatic nitrogens is 1. The van der Waals surface area contributed by atoms with Crippen LogP contribution in [0.1, 0.15) is 29.6 Å². The van der Waals surface area contributed by atoms with Crippen LogP contribution in [-0.2, 0) is 4.74 Å². The zero-order valence-corrected chi connectivity index (χ0v) is 11.7. The predicted octanol–water partition coefficient (Wildman–Crippen LogP) is 2.91. The topological polar surface area (TPSA) is 71.5 Å². The van der Waals surface area contributed by atoms with Gasteiger partial charge < -0.3 is 15.2 Å². The third-order valence-corrected chi connectivity index (χ3v) is 3.79. The van der Waals surface area contributed by atoms with Gasteiger partial charge in [-0.2, -0.15) is 0 Å². The van der Waals surface area contributed by atoms with Crippen LogP contribution in [0, 0.1) is 0 Å². The molecule has 5 nitrogen and oxygen atoms in total. The first-order valence-electron chi connectivity index (χ1n) is 7.22. The van der Waals surface area contributed by atoms with Crippen LogP contribution in [0.25, 0.3) is 10.9 Å². The van der Waals surface area contributed by atoms with Crippen LogP contribution in [0.4, 0.5) is 5.69 Å². The van der Waals surface area contributed by atoms with E-state index in [1.807, 2.05) is 24.3 Å². The Morgan fingerprint density at radius 1 is 1.38 bits per heavy atom. The minimum absolute atomic E-state index is 0.146. The molecule has 1 unspecified atom stereocenters. The first kappa shape index (κ1) is 13.8. The van der Waals surface area contributed by atoms with Gasteiger partial charge >= 0.3 is 5.97 Å². The fourth-order valence-corrected chi connectivity index (χ4v) is 2.68. The van der Waals surface area contributed by atoms with Crippen LogP contribution in [-0.4, -0.2) is 35.3 Å². The van der Waals surface area contributed by atoms with Crippen molar-refractivity contribution < 1.29 is 14.6 Å². The van der Waals surface area contributed by atoms with E-state index in [-0.39, 0.29) is 11.7 Å². The van der Waals surface area contributed by atoms with Crippen LogP contribution in [0.5, 0.6) is 0 Å². The van der Waals surface area contributed by atoms with E-state index < -0.39 is 5.97 Å². The number of anilines is 1. The van der Waals surface area contributed by atoms with Gasteiger partial charge in [-0.25, -0.2) is 4.79 Å². The van der Waals surface area contributed by atoms with Crippen LogP contribution in [0.2, 0.25) is 0 Å². The number of nitrogens with zero attached hydrogens (tertiary/aromatic N) is 1. The maximum absolute atomic E-state index is 11.4. The Morgan fingerprint density at radius 3 is 3.00 bits per heavy atom. The van der Waals surface area contributed by atoms with Gasteiger partial charge in [-0.05, 0) is 25.3 Å². The van der Waals surface area contributed by atoms with Gasteiger partial charge in [0.2, 0.25) is 0 Å². The first-order valence-corrected chi connectivity index (χ1v) is 7.22. The van der Waals surface area contributed by atoms with Crippen LogP contribution < -0.4 is 5.32 Å². The number of pyridine rings is 1. The van der Waals surface area contributed by atoms with E-state index in [0.717, 1.165) is 36.8 Å². The van der Waals surface area contributed by atoms with Crippen molar-refractivity contribution in [3.05, 3.63) is 36.0 Å². The zero-order valence-electron chi connectivity index (χ0n) is 11.7. The second-order valence-corrected chi connectivity index (χ2v) is 5.24. The SMILES string of the molecule is O=C(O)c1cnc2ccccc2c1NCC1CCCCO1. The number of carboxylic acid groups (broad SMARTS) is 1. The molecule has 1 saturated heterocycles. The molecule has 0 radical (unpaired) electrons. The van der Waals surface area contributed by atoms with Crippen molar-refractivity contribution in [1.82, 2.24) is 4.98 Å². The van der Waals surface area contributed by atoms with Gasteiger partial charge in [0.1, 0.15) is 5.56 Å². The number of hydrogen-bond donors (Lipinski definition) is 2. The molecule has 1 aromatic heterocycles. The zero-order chi connectivity index (χ0) is 14.7. The lowest BCUT2D eigenvalue weighted by Crippen LogP contribution is -2.27. The van der Waals surface area contributed by atoms with Gasteiger partial charge in [-0.1, -0.05) is 18.2 Å². The van der Waals surface area contributed by atoms with Crippen LogP contribution in [0.3, 0.4) is 0 Å². The molecule has 1 aliphatic heterocycles. The third-order valence-electron chi connectivity index (χ3n) is 3.79. The summed E-state index contributed by atoms with van der Waals surface area (Å²) in [4.78, 5) is 15.6. The molecule has 1 fully saturated rings. The predicted molar refractivity (Wildman–Crippen MR) is 80.8 cm³/mol. The molecule has 1 aliphatic rings. The van der Waals surface area contributed by atoms with E-state index in [0.29, 0.717) is 12.2 Å². The molecule has 5 heteroatoms. The minimum atomic E-state index is -0.972. The fourth-order valence-electron chi connectivity index (χ4n) is 2.68. The second kappa shape index (κ2) is 6.10. The maximum Gasteiger partial charge on any atom is 0.339 e. The van der Waals surface area contributed by atoms with E-state index in [9.17, 15) is 9.90 Å². The van der Waals surface area contributed by atoms with E-state index in [1.54, 1.807) is 0 Å². The molecule has 1 atom stereocenters. The lowest BCUT2D eigenvalue weighted by atomic mass is 10.1. The Balaban J connectivity index is 1.90. The summed E-state index contributed by atoms with van der Waals surface area (Å²) in [5.74, 6) is -0.972. The summed E-state index contributed by atoms with van der Waals surface area (Å²) in [6, 6.07) is 7.55. The van der Waals surface area contributed by atoms with Crippen molar-refractivity contribution in [3.63, 3.8) is 0 Å². The largest absolute Gasteiger partial charge is 0.478 e. The lowest BCUT2D eigenvalue weighted by Gasteiger charge is -2.24. The number of carbonyl (C=O) groups is 1. The summed E-state index contributed by atoms with van der Waals surface area (Å²) in [7, 11) is 0. The van der Waals surface area contributed by atoms with Gasteiger partial charge in [0.25, 0.3) is 0 Å². The highest BCUT2D eigenvalue weighted by Crippen LogP contribution is 2.26. The third kappa shape index (κ3) is 2.97. The van der Waals surface area contributed by atoms with Gasteiger partial charge in [-0.3, -0.25) is 4.98 Å².